The number of esters is 1. The van der Waals surface area contributed by atoms with Gasteiger partial charge in [-0.25, -0.2) is 9.18 Å². The van der Waals surface area contributed by atoms with Crippen LogP contribution in [0.4, 0.5) is 17.6 Å². The van der Waals surface area contributed by atoms with Crippen LogP contribution in [0.5, 0.6) is 5.75 Å². The second kappa shape index (κ2) is 8.83. The highest BCUT2D eigenvalue weighted by Crippen LogP contribution is 2.60. The predicted molar refractivity (Wildman–Crippen MR) is 127 cm³/mol. The first-order valence-corrected chi connectivity index (χ1v) is 13.5. The van der Waals surface area contributed by atoms with E-state index in [0.29, 0.717) is 22.8 Å². The Bertz CT molecular complexity index is 1110. The monoisotopic (exact) mass is 539 g/mol. The summed E-state index contributed by atoms with van der Waals surface area (Å²) in [7, 11) is 0.984. The number of amides is 1. The van der Waals surface area contributed by atoms with Gasteiger partial charge >= 0.3 is 12.1 Å². The Balaban J connectivity index is 1.26. The summed E-state index contributed by atoms with van der Waals surface area (Å²) in [4.78, 5) is 26.2. The zero-order chi connectivity index (χ0) is 27.0. The summed E-state index contributed by atoms with van der Waals surface area (Å²) in [6.07, 6.45) is 2.80. The van der Waals surface area contributed by atoms with E-state index in [4.69, 9.17) is 4.74 Å². The molecular weight excluding hydrogens is 506 g/mol. The third-order valence-electron chi connectivity index (χ3n) is 9.65. The first kappa shape index (κ1) is 25.9. The third kappa shape index (κ3) is 4.36. The number of alkyl halides is 3. The number of carbonyl (C=O) groups is 2. The highest BCUT2D eigenvalue weighted by molar-refractivity contribution is 5.98. The Morgan fingerprint density at radius 3 is 2.18 bits per heavy atom. The molecule has 2 atom stereocenters. The molecule has 6 nitrogen and oxygen atoms in total. The highest BCUT2D eigenvalue weighted by Gasteiger charge is 2.62. The number of halogens is 4. The van der Waals surface area contributed by atoms with Crippen molar-refractivity contribution in [2.45, 2.75) is 81.5 Å². The standard InChI is InChI=1S/C28H33F4NO5/c1-37-25(35)22-12-27(36,28(30,31)32)13-33(22)24(34)20-7-19(18-2-3-18)23(8-21(20)29)38-14-26-9-15-4-16(10-26)6-17(5-15)11-26/h7-8,15-18,22,36H,2-6,9-14H2,1H3/t15?,16?,17?,22-,26?,27?/m0/s1. The van der Waals surface area contributed by atoms with Gasteiger partial charge in [0.15, 0.2) is 5.60 Å². The van der Waals surface area contributed by atoms with Gasteiger partial charge < -0.3 is 19.5 Å². The fourth-order valence-corrected chi connectivity index (χ4v) is 8.08. The van der Waals surface area contributed by atoms with Crippen LogP contribution >= 0.6 is 0 Å². The molecule has 1 heterocycles. The fraction of sp³-hybridized carbons (Fsp3) is 0.714. The van der Waals surface area contributed by atoms with Crippen molar-refractivity contribution in [3.8, 4) is 5.75 Å². The number of methoxy groups -OCH3 is 1. The summed E-state index contributed by atoms with van der Waals surface area (Å²) in [6.45, 7) is -0.685. The molecule has 0 aromatic heterocycles. The average Bonchev–Trinajstić information content (AvgIpc) is 3.61. The van der Waals surface area contributed by atoms with E-state index in [-0.39, 0.29) is 11.3 Å². The van der Waals surface area contributed by atoms with Crippen LogP contribution in [-0.2, 0) is 9.53 Å². The van der Waals surface area contributed by atoms with E-state index in [1.54, 1.807) is 0 Å². The molecule has 38 heavy (non-hydrogen) atoms. The maximum absolute atomic E-state index is 15.4. The maximum Gasteiger partial charge on any atom is 0.419 e. The summed E-state index contributed by atoms with van der Waals surface area (Å²) in [5, 5.41) is 10.2. The number of β-amino-alcohol motifs (C(OH)–C–C–N with tert-alkyl or cyclic N) is 1. The van der Waals surface area contributed by atoms with E-state index < -0.39 is 54.0 Å². The molecule has 0 spiro atoms. The SMILES string of the molecule is COC(=O)[C@@H]1CC(O)(C(F)(F)F)CN1C(=O)c1cc(C2CC2)c(OCC23CC4CC(CC(C4)C2)C3)cc1F. The lowest BCUT2D eigenvalue weighted by molar-refractivity contribution is -0.253. The van der Waals surface area contributed by atoms with Gasteiger partial charge in [0.1, 0.15) is 17.6 Å². The van der Waals surface area contributed by atoms with E-state index in [0.717, 1.165) is 57.0 Å². The molecular formula is C28H33F4NO5. The number of hydrogen-bond acceptors (Lipinski definition) is 5. The van der Waals surface area contributed by atoms with Gasteiger partial charge in [-0.3, -0.25) is 4.79 Å². The van der Waals surface area contributed by atoms with E-state index in [1.165, 1.54) is 31.4 Å². The number of benzene rings is 1. The molecule has 6 aliphatic rings. The minimum absolute atomic E-state index is 0.0793. The number of likely N-dealkylation sites (tertiary alicyclic amines) is 1. The molecule has 1 unspecified atom stereocenters. The van der Waals surface area contributed by atoms with Crippen molar-refractivity contribution in [3.63, 3.8) is 0 Å². The van der Waals surface area contributed by atoms with Crippen molar-refractivity contribution in [1.82, 2.24) is 4.90 Å². The van der Waals surface area contributed by atoms with Crippen molar-refractivity contribution in [2.75, 3.05) is 20.3 Å². The minimum Gasteiger partial charge on any atom is -0.493 e. The molecule has 5 saturated carbocycles. The molecule has 1 saturated heterocycles. The molecule has 6 fully saturated rings. The van der Waals surface area contributed by atoms with Crippen molar-refractivity contribution in [2.24, 2.45) is 23.2 Å². The summed E-state index contributed by atoms with van der Waals surface area (Å²) in [5.74, 6) is -0.435. The fourth-order valence-electron chi connectivity index (χ4n) is 8.08. The third-order valence-corrected chi connectivity index (χ3v) is 9.65. The largest absolute Gasteiger partial charge is 0.493 e. The Morgan fingerprint density at radius 2 is 1.66 bits per heavy atom. The van der Waals surface area contributed by atoms with Gasteiger partial charge in [0, 0.05) is 17.9 Å². The van der Waals surface area contributed by atoms with E-state index in [9.17, 15) is 27.9 Å². The average molecular weight is 540 g/mol. The molecule has 4 bridgehead atoms. The van der Waals surface area contributed by atoms with Gasteiger partial charge in [-0.2, -0.15) is 13.2 Å². The van der Waals surface area contributed by atoms with Crippen molar-refractivity contribution in [3.05, 3.63) is 29.1 Å². The molecule has 10 heteroatoms. The Morgan fingerprint density at radius 1 is 1.05 bits per heavy atom. The van der Waals surface area contributed by atoms with E-state index in [2.05, 4.69) is 4.74 Å². The number of nitrogens with zero attached hydrogens (tertiary/aromatic N) is 1. The summed E-state index contributed by atoms with van der Waals surface area (Å²) >= 11 is 0. The van der Waals surface area contributed by atoms with Crippen LogP contribution in [0.15, 0.2) is 12.1 Å². The normalized spacial score (nSPS) is 36.0. The number of hydrogen-bond donors (Lipinski definition) is 1. The molecule has 1 aromatic carbocycles. The van der Waals surface area contributed by atoms with Crippen LogP contribution in [0.25, 0.3) is 0 Å². The number of ether oxygens (including phenoxy) is 2. The summed E-state index contributed by atoms with van der Waals surface area (Å²) in [6, 6.07) is 0.847. The quantitative estimate of drug-likeness (QED) is 0.408. The summed E-state index contributed by atoms with van der Waals surface area (Å²) < 4.78 is 67.0. The van der Waals surface area contributed by atoms with Gasteiger partial charge in [0.2, 0.25) is 0 Å². The van der Waals surface area contributed by atoms with Crippen molar-refractivity contribution >= 4 is 11.9 Å². The lowest BCUT2D eigenvalue weighted by atomic mass is 9.50. The van der Waals surface area contributed by atoms with Crippen LogP contribution in [0.2, 0.25) is 0 Å². The summed E-state index contributed by atoms with van der Waals surface area (Å²) in [5.41, 5.74) is -2.96. The molecule has 208 valence electrons. The molecule has 1 aliphatic heterocycles. The van der Waals surface area contributed by atoms with Gasteiger partial charge in [-0.1, -0.05) is 0 Å². The molecule has 0 radical (unpaired) electrons. The molecule has 1 aromatic rings. The van der Waals surface area contributed by atoms with Gasteiger partial charge in [-0.15, -0.1) is 0 Å². The number of carbonyl (C=O) groups excluding carboxylic acids is 2. The van der Waals surface area contributed by atoms with Crippen molar-refractivity contribution < 1.29 is 41.7 Å². The van der Waals surface area contributed by atoms with Crippen LogP contribution in [0, 0.1) is 29.0 Å². The molecule has 5 aliphatic carbocycles. The minimum atomic E-state index is -5.08. The maximum atomic E-state index is 15.4. The zero-order valence-electron chi connectivity index (χ0n) is 21.4. The Labute approximate surface area is 218 Å². The first-order valence-electron chi connectivity index (χ1n) is 13.5. The van der Waals surface area contributed by atoms with Crippen molar-refractivity contribution in [1.29, 1.82) is 0 Å². The second-order valence-corrected chi connectivity index (χ2v) is 12.6. The second-order valence-electron chi connectivity index (χ2n) is 12.6. The smallest absolute Gasteiger partial charge is 0.419 e. The Kier molecular flexibility index (Phi) is 6.01. The van der Waals surface area contributed by atoms with Gasteiger partial charge in [0.25, 0.3) is 5.91 Å². The van der Waals surface area contributed by atoms with Crippen LogP contribution in [-0.4, -0.2) is 60.0 Å². The molecule has 7 rings (SSSR count). The highest BCUT2D eigenvalue weighted by atomic mass is 19.4. The van der Waals surface area contributed by atoms with Crippen LogP contribution < -0.4 is 4.74 Å². The van der Waals surface area contributed by atoms with E-state index in [1.807, 2.05) is 0 Å². The topological polar surface area (TPSA) is 76.1 Å². The zero-order valence-corrected chi connectivity index (χ0v) is 21.4. The van der Waals surface area contributed by atoms with Gasteiger partial charge in [0.05, 0.1) is 25.8 Å². The lowest BCUT2D eigenvalue weighted by Gasteiger charge is -2.56. The molecule has 1 N–H and O–H groups in total. The Hall–Kier alpha value is -2.36. The van der Waals surface area contributed by atoms with Gasteiger partial charge in [-0.05, 0) is 86.7 Å². The number of rotatable bonds is 6. The lowest BCUT2D eigenvalue weighted by Crippen LogP contribution is -2.48. The van der Waals surface area contributed by atoms with E-state index >= 15 is 4.39 Å². The van der Waals surface area contributed by atoms with Crippen LogP contribution in [0.3, 0.4) is 0 Å². The first-order chi connectivity index (χ1) is 17.9. The predicted octanol–water partition coefficient (Wildman–Crippen LogP) is 4.98. The van der Waals surface area contributed by atoms with Crippen LogP contribution in [0.1, 0.15) is 79.6 Å². The molecule has 1 amide bonds. The number of aliphatic hydroxyl groups is 1.